The zero-order valence-corrected chi connectivity index (χ0v) is 20.9. The van der Waals surface area contributed by atoms with Gasteiger partial charge in [0.25, 0.3) is 0 Å². The fraction of sp³-hybridized carbons (Fsp3) is 0.333. The monoisotopic (exact) mass is 491 g/mol. The van der Waals surface area contributed by atoms with Crippen molar-refractivity contribution in [3.05, 3.63) is 60.2 Å². The molecular weight excluding hydrogens is 462 g/mol. The van der Waals surface area contributed by atoms with Crippen LogP contribution in [0, 0.1) is 13.8 Å². The predicted octanol–water partition coefficient (Wildman–Crippen LogP) is 3.27. The summed E-state index contributed by atoms with van der Waals surface area (Å²) < 4.78 is 5.50. The SMILES string of the molecule is CCOc1ccc(NC(=S)/N=C(/Nc2nc(C)cc(C)n2)N2CCN(c3ncccn3)CC2)cc1. The minimum absolute atomic E-state index is 0.329. The van der Waals surface area contributed by atoms with Crippen LogP contribution < -0.4 is 20.3 Å². The van der Waals surface area contributed by atoms with Crippen LogP contribution in [0.15, 0.2) is 53.8 Å². The molecule has 0 amide bonds. The first kappa shape index (κ1) is 24.3. The number of hydrogen-bond donors (Lipinski definition) is 2. The van der Waals surface area contributed by atoms with Gasteiger partial charge in [-0.2, -0.15) is 4.99 Å². The van der Waals surface area contributed by atoms with E-state index in [0.717, 1.165) is 41.9 Å². The Labute approximate surface area is 210 Å². The lowest BCUT2D eigenvalue weighted by Gasteiger charge is -2.36. The molecule has 2 aromatic heterocycles. The number of thiocarbonyl (C=S) groups is 1. The van der Waals surface area contributed by atoms with Gasteiger partial charge in [0.05, 0.1) is 6.61 Å². The fourth-order valence-corrected chi connectivity index (χ4v) is 3.89. The maximum atomic E-state index is 5.57. The van der Waals surface area contributed by atoms with Crippen LogP contribution in [0.4, 0.5) is 17.6 Å². The summed E-state index contributed by atoms with van der Waals surface area (Å²) in [5.41, 5.74) is 2.58. The molecular formula is C24H29N9OS. The number of piperazine rings is 1. The van der Waals surface area contributed by atoms with Crippen LogP contribution in [-0.2, 0) is 0 Å². The molecule has 0 spiro atoms. The van der Waals surface area contributed by atoms with Crippen LogP contribution in [0.3, 0.4) is 0 Å². The summed E-state index contributed by atoms with van der Waals surface area (Å²) in [6.07, 6.45) is 3.51. The Kier molecular flexibility index (Phi) is 7.99. The maximum Gasteiger partial charge on any atom is 0.229 e. The second-order valence-electron chi connectivity index (χ2n) is 7.95. The molecule has 1 fully saturated rings. The van der Waals surface area contributed by atoms with E-state index in [1.165, 1.54) is 0 Å². The van der Waals surface area contributed by atoms with Crippen LogP contribution in [0.5, 0.6) is 5.75 Å². The molecule has 0 radical (unpaired) electrons. The van der Waals surface area contributed by atoms with Gasteiger partial charge in [-0.3, -0.25) is 5.32 Å². The van der Waals surface area contributed by atoms with Crippen LogP contribution in [0.25, 0.3) is 0 Å². The first-order valence-corrected chi connectivity index (χ1v) is 11.9. The first-order chi connectivity index (χ1) is 17.0. The number of nitrogens with one attached hydrogen (secondary N) is 2. The zero-order valence-electron chi connectivity index (χ0n) is 20.1. The van der Waals surface area contributed by atoms with Crippen LogP contribution in [0.2, 0.25) is 0 Å². The largest absolute Gasteiger partial charge is 0.494 e. The Morgan fingerprint density at radius 2 is 1.66 bits per heavy atom. The van der Waals surface area contributed by atoms with E-state index < -0.39 is 0 Å². The molecule has 1 aliphatic rings. The third-order valence-corrected chi connectivity index (χ3v) is 5.44. The van der Waals surface area contributed by atoms with E-state index in [0.29, 0.717) is 36.7 Å². The summed E-state index contributed by atoms with van der Waals surface area (Å²) in [5.74, 6) is 2.61. The van der Waals surface area contributed by atoms with Gasteiger partial charge >= 0.3 is 0 Å². The van der Waals surface area contributed by atoms with Crippen molar-refractivity contribution in [1.82, 2.24) is 24.8 Å². The molecule has 182 valence electrons. The normalized spacial score (nSPS) is 14.0. The van der Waals surface area contributed by atoms with Crippen LogP contribution in [0.1, 0.15) is 18.3 Å². The highest BCUT2D eigenvalue weighted by Crippen LogP contribution is 2.16. The highest BCUT2D eigenvalue weighted by atomic mass is 32.1. The van der Waals surface area contributed by atoms with Crippen molar-refractivity contribution < 1.29 is 4.74 Å². The number of nitrogens with zero attached hydrogens (tertiary/aromatic N) is 7. The Morgan fingerprint density at radius 1 is 1.00 bits per heavy atom. The van der Waals surface area contributed by atoms with E-state index in [4.69, 9.17) is 21.9 Å². The molecule has 1 aromatic carbocycles. The van der Waals surface area contributed by atoms with Crippen LogP contribution >= 0.6 is 12.2 Å². The summed E-state index contributed by atoms with van der Waals surface area (Å²) >= 11 is 5.57. The van der Waals surface area contributed by atoms with Crippen molar-refractivity contribution >= 4 is 40.9 Å². The highest BCUT2D eigenvalue weighted by molar-refractivity contribution is 7.80. The van der Waals surface area contributed by atoms with E-state index >= 15 is 0 Å². The molecule has 1 aliphatic heterocycles. The van der Waals surface area contributed by atoms with Gasteiger partial charge in [-0.15, -0.1) is 0 Å². The van der Waals surface area contributed by atoms with Gasteiger partial charge in [-0.05, 0) is 69.4 Å². The van der Waals surface area contributed by atoms with Gasteiger partial charge in [-0.25, -0.2) is 19.9 Å². The number of aromatic nitrogens is 4. The van der Waals surface area contributed by atoms with Crippen molar-refractivity contribution in [2.75, 3.05) is 48.3 Å². The van der Waals surface area contributed by atoms with E-state index in [1.54, 1.807) is 12.4 Å². The zero-order chi connectivity index (χ0) is 24.6. The van der Waals surface area contributed by atoms with Crippen LogP contribution in [-0.4, -0.2) is 68.7 Å². The molecule has 2 N–H and O–H groups in total. The molecule has 3 heterocycles. The molecule has 0 aliphatic carbocycles. The van der Waals surface area contributed by atoms with Gasteiger partial charge in [0, 0.05) is 55.6 Å². The molecule has 0 unspecified atom stereocenters. The Bertz CT molecular complexity index is 1140. The first-order valence-electron chi connectivity index (χ1n) is 11.5. The molecule has 4 rings (SSSR count). The predicted molar refractivity (Wildman–Crippen MR) is 142 cm³/mol. The van der Waals surface area contributed by atoms with Gasteiger partial charge in [0.2, 0.25) is 23.0 Å². The summed E-state index contributed by atoms with van der Waals surface area (Å²) in [4.78, 5) is 26.7. The molecule has 10 nitrogen and oxygen atoms in total. The summed E-state index contributed by atoms with van der Waals surface area (Å²) in [5, 5.41) is 6.79. The number of aliphatic imine (C=N–C) groups is 1. The smallest absolute Gasteiger partial charge is 0.229 e. The molecule has 3 aromatic rings. The number of anilines is 3. The number of rotatable bonds is 5. The van der Waals surface area contributed by atoms with E-state index in [2.05, 4.69) is 40.4 Å². The molecule has 0 bridgehead atoms. The molecule has 0 saturated carbocycles. The van der Waals surface area contributed by atoms with Gasteiger partial charge in [0.1, 0.15) is 5.75 Å². The second-order valence-corrected chi connectivity index (χ2v) is 8.33. The van der Waals surface area contributed by atoms with Crippen molar-refractivity contribution in [3.63, 3.8) is 0 Å². The number of benzene rings is 1. The summed E-state index contributed by atoms with van der Waals surface area (Å²) in [6.45, 7) is 9.36. The van der Waals surface area contributed by atoms with E-state index in [-0.39, 0.29) is 0 Å². The van der Waals surface area contributed by atoms with Crippen molar-refractivity contribution in [1.29, 1.82) is 0 Å². The number of aryl methyl sites for hydroxylation is 2. The standard InChI is InChI=1S/C24H29N9OS/c1-4-34-20-8-6-19(7-9-20)29-24(35)31-23(30-21-27-17(2)16-18(3)28-21)33-14-12-32(13-15-33)22-25-10-5-11-26-22/h5-11,16H,4,12-15H2,1-3H3,(H2,27,28,29,30,31,35). The van der Waals surface area contributed by atoms with Crippen molar-refractivity contribution in [2.24, 2.45) is 4.99 Å². The minimum atomic E-state index is 0.329. The lowest BCUT2D eigenvalue weighted by molar-refractivity contribution is 0.340. The average Bonchev–Trinajstić information content (AvgIpc) is 2.85. The molecule has 11 heteroatoms. The summed E-state index contributed by atoms with van der Waals surface area (Å²) in [7, 11) is 0. The highest BCUT2D eigenvalue weighted by Gasteiger charge is 2.22. The van der Waals surface area contributed by atoms with Crippen molar-refractivity contribution in [2.45, 2.75) is 20.8 Å². The van der Waals surface area contributed by atoms with Crippen molar-refractivity contribution in [3.8, 4) is 5.75 Å². The lowest BCUT2D eigenvalue weighted by atomic mass is 10.3. The molecule has 0 atom stereocenters. The Balaban J connectivity index is 1.50. The fourth-order valence-electron chi connectivity index (χ4n) is 3.68. The maximum absolute atomic E-state index is 5.57. The quantitative estimate of drug-likeness (QED) is 0.314. The molecule has 35 heavy (non-hydrogen) atoms. The van der Waals surface area contributed by atoms with Gasteiger partial charge < -0.3 is 19.9 Å². The van der Waals surface area contributed by atoms with E-state index in [1.807, 2.05) is 57.2 Å². The summed E-state index contributed by atoms with van der Waals surface area (Å²) in [6, 6.07) is 11.4. The van der Waals surface area contributed by atoms with Gasteiger partial charge in [0.15, 0.2) is 0 Å². The van der Waals surface area contributed by atoms with Gasteiger partial charge in [-0.1, -0.05) is 0 Å². The number of guanidine groups is 1. The molecule has 1 saturated heterocycles. The second kappa shape index (κ2) is 11.5. The average molecular weight is 492 g/mol. The Hall–Kier alpha value is -3.86. The topological polar surface area (TPSA) is 104 Å². The number of hydrogen-bond acceptors (Lipinski definition) is 7. The lowest BCUT2D eigenvalue weighted by Crippen LogP contribution is -2.51. The minimum Gasteiger partial charge on any atom is -0.494 e. The number of ether oxygens (including phenoxy) is 1. The van der Waals surface area contributed by atoms with E-state index in [9.17, 15) is 0 Å². The third kappa shape index (κ3) is 6.82. The Morgan fingerprint density at radius 3 is 2.29 bits per heavy atom. The third-order valence-electron chi connectivity index (χ3n) is 5.24.